The van der Waals surface area contributed by atoms with Crippen molar-refractivity contribution >= 4 is 5.97 Å². The lowest BCUT2D eigenvalue weighted by Gasteiger charge is -2.25. The van der Waals surface area contributed by atoms with Crippen LogP contribution in [0.4, 0.5) is 0 Å². The number of hydrogen-bond donors (Lipinski definition) is 1. The molecule has 0 atom stereocenters. The van der Waals surface area contributed by atoms with Gasteiger partial charge in [-0.1, -0.05) is 25.0 Å². The van der Waals surface area contributed by atoms with Crippen molar-refractivity contribution < 1.29 is 14.6 Å². The molecule has 19 heavy (non-hydrogen) atoms. The molecule has 2 rings (SSSR count). The van der Waals surface area contributed by atoms with Crippen molar-refractivity contribution in [3.05, 3.63) is 29.3 Å². The molecule has 1 aliphatic carbocycles. The van der Waals surface area contributed by atoms with E-state index >= 15 is 0 Å². The summed E-state index contributed by atoms with van der Waals surface area (Å²) in [6.07, 6.45) is 3.60. The summed E-state index contributed by atoms with van der Waals surface area (Å²) in [5.74, 6) is 0.152. The van der Waals surface area contributed by atoms with Crippen LogP contribution >= 0.6 is 0 Å². The van der Waals surface area contributed by atoms with Crippen LogP contribution in [0.2, 0.25) is 0 Å². The Morgan fingerprint density at radius 1 is 1.32 bits per heavy atom. The van der Waals surface area contributed by atoms with Gasteiger partial charge in [0.2, 0.25) is 0 Å². The van der Waals surface area contributed by atoms with Crippen LogP contribution in [0.1, 0.15) is 50.7 Å². The highest BCUT2D eigenvalue weighted by Gasteiger charge is 2.42. The van der Waals surface area contributed by atoms with Crippen molar-refractivity contribution in [1.29, 1.82) is 0 Å². The molecule has 0 bridgehead atoms. The Hall–Kier alpha value is -1.51. The first-order valence-electron chi connectivity index (χ1n) is 6.97. The Morgan fingerprint density at radius 2 is 1.95 bits per heavy atom. The van der Waals surface area contributed by atoms with Crippen molar-refractivity contribution in [3.8, 4) is 5.75 Å². The highest BCUT2D eigenvalue weighted by molar-refractivity contribution is 5.82. The molecular weight excluding hydrogens is 240 g/mol. The van der Waals surface area contributed by atoms with Crippen molar-refractivity contribution in [3.63, 3.8) is 0 Å². The highest BCUT2D eigenvalue weighted by atomic mass is 16.5. The van der Waals surface area contributed by atoms with Crippen LogP contribution in [0.25, 0.3) is 0 Å². The van der Waals surface area contributed by atoms with E-state index in [0.29, 0.717) is 0 Å². The number of aryl methyl sites for hydroxylation is 1. The van der Waals surface area contributed by atoms with Gasteiger partial charge in [0.05, 0.1) is 11.5 Å². The number of hydrogen-bond acceptors (Lipinski definition) is 2. The first-order valence-corrected chi connectivity index (χ1v) is 6.97. The molecule has 0 unspecified atom stereocenters. The maximum Gasteiger partial charge on any atom is 0.314 e. The number of benzene rings is 1. The van der Waals surface area contributed by atoms with Crippen molar-refractivity contribution in [1.82, 2.24) is 0 Å². The summed E-state index contributed by atoms with van der Waals surface area (Å²) in [6, 6.07) is 5.81. The van der Waals surface area contributed by atoms with Crippen molar-refractivity contribution in [2.24, 2.45) is 0 Å². The lowest BCUT2D eigenvalue weighted by Crippen LogP contribution is -2.32. The van der Waals surface area contributed by atoms with Crippen LogP contribution in [-0.4, -0.2) is 17.2 Å². The van der Waals surface area contributed by atoms with Crippen LogP contribution in [0.15, 0.2) is 18.2 Å². The standard InChI is InChI=1S/C16H22O3/c1-11(2)19-14-7-6-13(10-12(14)3)16(15(17)18)8-4-5-9-16/h6-7,10-11H,4-5,8-9H2,1-3H3,(H,17,18). The molecule has 1 aromatic carbocycles. The number of ether oxygens (including phenoxy) is 1. The summed E-state index contributed by atoms with van der Waals surface area (Å²) in [6.45, 7) is 5.96. The number of carboxylic acids is 1. The fourth-order valence-electron chi connectivity index (χ4n) is 2.94. The normalized spacial score (nSPS) is 17.7. The lowest BCUT2D eigenvalue weighted by molar-refractivity contribution is -0.143. The largest absolute Gasteiger partial charge is 0.491 e. The van der Waals surface area contributed by atoms with E-state index in [4.69, 9.17) is 4.74 Å². The van der Waals surface area contributed by atoms with Crippen molar-refractivity contribution in [2.45, 2.75) is 58.0 Å². The average Bonchev–Trinajstić information content (AvgIpc) is 2.81. The molecule has 1 N–H and O–H groups in total. The first-order chi connectivity index (χ1) is 8.95. The van der Waals surface area contributed by atoms with Crippen LogP contribution in [0.3, 0.4) is 0 Å². The molecule has 3 heteroatoms. The molecule has 0 spiro atoms. The van der Waals surface area contributed by atoms with E-state index in [1.165, 1.54) is 0 Å². The second kappa shape index (κ2) is 5.24. The third kappa shape index (κ3) is 2.60. The quantitative estimate of drug-likeness (QED) is 0.900. The fraction of sp³-hybridized carbons (Fsp3) is 0.562. The second-order valence-electron chi connectivity index (χ2n) is 5.74. The third-order valence-corrected chi connectivity index (χ3v) is 3.96. The number of aliphatic carboxylic acids is 1. The zero-order valence-electron chi connectivity index (χ0n) is 11.9. The summed E-state index contributed by atoms with van der Waals surface area (Å²) in [4.78, 5) is 11.7. The Bertz CT molecular complexity index is 471. The molecule has 0 aromatic heterocycles. The molecule has 0 heterocycles. The van der Waals surface area contributed by atoms with Gasteiger partial charge in [-0.3, -0.25) is 4.79 Å². The van der Waals surface area contributed by atoms with Gasteiger partial charge in [-0.15, -0.1) is 0 Å². The van der Waals surface area contributed by atoms with Gasteiger partial charge in [-0.05, 0) is 50.8 Å². The summed E-state index contributed by atoms with van der Waals surface area (Å²) in [5, 5.41) is 9.59. The maximum absolute atomic E-state index is 11.7. The minimum absolute atomic E-state index is 0.129. The van der Waals surface area contributed by atoms with E-state index in [1.54, 1.807) is 0 Å². The molecular formula is C16H22O3. The minimum atomic E-state index is -0.693. The van der Waals surface area contributed by atoms with E-state index in [1.807, 2.05) is 39.0 Å². The Kier molecular flexibility index (Phi) is 3.83. The third-order valence-electron chi connectivity index (χ3n) is 3.96. The summed E-state index contributed by atoms with van der Waals surface area (Å²) in [5.41, 5.74) is 1.26. The summed E-state index contributed by atoms with van der Waals surface area (Å²) < 4.78 is 5.71. The zero-order chi connectivity index (χ0) is 14.0. The molecule has 1 fully saturated rings. The monoisotopic (exact) mass is 262 g/mol. The molecule has 0 aliphatic heterocycles. The Labute approximate surface area is 114 Å². The summed E-state index contributed by atoms with van der Waals surface area (Å²) in [7, 11) is 0. The smallest absolute Gasteiger partial charge is 0.314 e. The Morgan fingerprint density at radius 3 is 2.42 bits per heavy atom. The van der Waals surface area contributed by atoms with E-state index in [-0.39, 0.29) is 6.10 Å². The Balaban J connectivity index is 2.35. The molecule has 1 aromatic rings. The molecule has 3 nitrogen and oxygen atoms in total. The summed E-state index contributed by atoms with van der Waals surface area (Å²) >= 11 is 0. The molecule has 1 aliphatic rings. The SMILES string of the molecule is Cc1cc(C2(C(=O)O)CCCC2)ccc1OC(C)C. The van der Waals surface area contributed by atoms with Gasteiger partial charge in [-0.25, -0.2) is 0 Å². The van der Waals surface area contributed by atoms with Gasteiger partial charge >= 0.3 is 5.97 Å². The number of carboxylic acid groups (broad SMARTS) is 1. The predicted octanol–water partition coefficient (Wildman–Crippen LogP) is 3.68. The molecule has 0 amide bonds. The van der Waals surface area contributed by atoms with Crippen LogP contribution < -0.4 is 4.74 Å². The van der Waals surface area contributed by atoms with E-state index in [9.17, 15) is 9.90 Å². The van der Waals surface area contributed by atoms with Gasteiger partial charge in [0, 0.05) is 0 Å². The van der Waals surface area contributed by atoms with Crippen LogP contribution in [0.5, 0.6) is 5.75 Å². The first kappa shape index (κ1) is 13.9. The minimum Gasteiger partial charge on any atom is -0.491 e. The van der Waals surface area contributed by atoms with E-state index in [0.717, 1.165) is 42.6 Å². The van der Waals surface area contributed by atoms with E-state index in [2.05, 4.69) is 0 Å². The second-order valence-corrected chi connectivity index (χ2v) is 5.74. The van der Waals surface area contributed by atoms with Crippen LogP contribution in [0, 0.1) is 6.92 Å². The van der Waals surface area contributed by atoms with Crippen molar-refractivity contribution in [2.75, 3.05) is 0 Å². The fourth-order valence-corrected chi connectivity index (χ4v) is 2.94. The van der Waals surface area contributed by atoms with Gasteiger partial charge in [0.25, 0.3) is 0 Å². The number of rotatable bonds is 4. The van der Waals surface area contributed by atoms with Gasteiger partial charge in [-0.2, -0.15) is 0 Å². The van der Waals surface area contributed by atoms with Gasteiger partial charge in [0.15, 0.2) is 0 Å². The lowest BCUT2D eigenvalue weighted by atomic mass is 9.78. The van der Waals surface area contributed by atoms with Gasteiger partial charge in [0.1, 0.15) is 5.75 Å². The van der Waals surface area contributed by atoms with E-state index < -0.39 is 11.4 Å². The molecule has 104 valence electrons. The maximum atomic E-state index is 11.7. The van der Waals surface area contributed by atoms with Gasteiger partial charge < -0.3 is 9.84 Å². The molecule has 1 saturated carbocycles. The van der Waals surface area contributed by atoms with Crippen LogP contribution in [-0.2, 0) is 10.2 Å². The number of carbonyl (C=O) groups is 1. The predicted molar refractivity (Wildman–Crippen MR) is 74.7 cm³/mol. The molecule has 0 saturated heterocycles. The zero-order valence-corrected chi connectivity index (χ0v) is 11.9. The highest BCUT2D eigenvalue weighted by Crippen LogP contribution is 2.42. The molecule has 0 radical (unpaired) electrons. The topological polar surface area (TPSA) is 46.5 Å². The average molecular weight is 262 g/mol.